The number of aliphatic carboxylic acids is 1. The van der Waals surface area contributed by atoms with Gasteiger partial charge in [-0.2, -0.15) is 0 Å². The van der Waals surface area contributed by atoms with Crippen molar-refractivity contribution in [1.29, 1.82) is 0 Å². The Labute approximate surface area is 230 Å². The van der Waals surface area contributed by atoms with Crippen LogP contribution in [0.15, 0.2) is 61.2 Å². The molecule has 1 aliphatic heterocycles. The molecule has 1 saturated carbocycles. The van der Waals surface area contributed by atoms with Crippen LogP contribution in [0.5, 0.6) is 0 Å². The lowest BCUT2D eigenvalue weighted by atomic mass is 9.89. The van der Waals surface area contributed by atoms with E-state index in [1.54, 1.807) is 6.07 Å². The molecule has 4 unspecified atom stereocenters. The maximum Gasteiger partial charge on any atom is 0.303 e. The van der Waals surface area contributed by atoms with Crippen LogP contribution < -0.4 is 5.32 Å². The first kappa shape index (κ1) is 29.0. The van der Waals surface area contributed by atoms with Crippen LogP contribution in [-0.4, -0.2) is 52.2 Å². The summed E-state index contributed by atoms with van der Waals surface area (Å²) in [5.41, 5.74) is 3.20. The number of benzene rings is 2. The number of nitrogens with one attached hydrogen (secondary N) is 1. The van der Waals surface area contributed by atoms with Crippen molar-refractivity contribution in [3.05, 3.63) is 77.9 Å². The molecule has 4 atom stereocenters. The quantitative estimate of drug-likeness (QED) is 0.320. The van der Waals surface area contributed by atoms with E-state index in [-0.39, 0.29) is 43.5 Å². The van der Waals surface area contributed by atoms with Gasteiger partial charge in [0, 0.05) is 42.7 Å². The van der Waals surface area contributed by atoms with Crippen LogP contribution in [0.4, 0.5) is 5.69 Å². The van der Waals surface area contributed by atoms with E-state index in [1.165, 1.54) is 25.7 Å². The van der Waals surface area contributed by atoms with Gasteiger partial charge < -0.3 is 25.0 Å². The van der Waals surface area contributed by atoms with E-state index in [2.05, 4.69) is 23.7 Å². The molecule has 8 heteroatoms. The van der Waals surface area contributed by atoms with Gasteiger partial charge in [0.1, 0.15) is 0 Å². The predicted octanol–water partition coefficient (Wildman–Crippen LogP) is 5.20. The lowest BCUT2D eigenvalue weighted by Gasteiger charge is -2.43. The summed E-state index contributed by atoms with van der Waals surface area (Å²) in [6, 6.07) is 15.7. The highest BCUT2D eigenvalue weighted by Crippen LogP contribution is 2.42. The van der Waals surface area contributed by atoms with Gasteiger partial charge in [0.05, 0.1) is 25.2 Å². The first-order valence-electron chi connectivity index (χ1n) is 13.8. The highest BCUT2D eigenvalue weighted by Gasteiger charge is 2.40. The second-order valence-electron chi connectivity index (χ2n) is 10.6. The SMILES string of the molecule is C=CCN(CC1OC(c2cccc(NC(=O)CCC(=O)O)c2)OC(c2ccc(CO)cc2)C1C)C1CCCC1. The van der Waals surface area contributed by atoms with E-state index in [0.29, 0.717) is 11.7 Å². The first-order chi connectivity index (χ1) is 18.9. The lowest BCUT2D eigenvalue weighted by Crippen LogP contribution is -2.47. The minimum Gasteiger partial charge on any atom is -0.481 e. The molecular weight excluding hydrogens is 496 g/mol. The number of hydrogen-bond acceptors (Lipinski definition) is 6. The Bertz CT molecular complexity index is 1110. The standard InChI is InChI=1S/C31H40N2O6/c1-3-17-33(26-9-4-5-10-26)19-27-21(2)30(23-13-11-22(20-34)12-14-23)39-31(38-27)24-7-6-8-25(18-24)32-28(35)15-16-29(36)37/h3,6-8,11-14,18,21,26-27,30-31,34H,1,4-5,9-10,15-17,19-20H2,2H3,(H,32,35)(H,36,37). The van der Waals surface area contributed by atoms with Crippen LogP contribution in [0, 0.1) is 5.92 Å². The van der Waals surface area contributed by atoms with Crippen molar-refractivity contribution >= 4 is 17.6 Å². The van der Waals surface area contributed by atoms with E-state index >= 15 is 0 Å². The number of carboxylic acids is 1. The van der Waals surface area contributed by atoms with E-state index in [0.717, 1.165) is 29.8 Å². The molecule has 1 aliphatic carbocycles. The van der Waals surface area contributed by atoms with Gasteiger partial charge in [-0.1, -0.05) is 62.2 Å². The lowest BCUT2D eigenvalue weighted by molar-refractivity contribution is -0.276. The van der Waals surface area contributed by atoms with Crippen LogP contribution in [-0.2, 0) is 25.7 Å². The largest absolute Gasteiger partial charge is 0.481 e. The second kappa shape index (κ2) is 13.8. The minimum absolute atomic E-state index is 0.0153. The molecule has 0 bridgehead atoms. The monoisotopic (exact) mass is 536 g/mol. The number of carbonyl (C=O) groups excluding carboxylic acids is 1. The minimum atomic E-state index is -1.01. The molecule has 1 amide bonds. The average molecular weight is 537 g/mol. The molecule has 2 aliphatic rings. The van der Waals surface area contributed by atoms with Crippen molar-refractivity contribution in [3.8, 4) is 0 Å². The Morgan fingerprint density at radius 2 is 1.82 bits per heavy atom. The summed E-state index contributed by atoms with van der Waals surface area (Å²) in [6.07, 6.45) is 5.51. The summed E-state index contributed by atoms with van der Waals surface area (Å²) in [5, 5.41) is 21.2. The van der Waals surface area contributed by atoms with Gasteiger partial charge in [0.2, 0.25) is 5.91 Å². The zero-order valence-corrected chi connectivity index (χ0v) is 22.6. The van der Waals surface area contributed by atoms with E-state index < -0.39 is 12.3 Å². The summed E-state index contributed by atoms with van der Waals surface area (Å²) >= 11 is 0. The van der Waals surface area contributed by atoms with Crippen LogP contribution in [0.25, 0.3) is 0 Å². The van der Waals surface area contributed by atoms with Crippen molar-refractivity contribution < 1.29 is 29.3 Å². The van der Waals surface area contributed by atoms with E-state index in [9.17, 15) is 14.7 Å². The van der Waals surface area contributed by atoms with Crippen molar-refractivity contribution in [2.24, 2.45) is 5.92 Å². The molecule has 0 radical (unpaired) electrons. The van der Waals surface area contributed by atoms with Crippen LogP contribution in [0.1, 0.15) is 74.5 Å². The third kappa shape index (κ3) is 7.76. The van der Waals surface area contributed by atoms with E-state index in [1.807, 2.05) is 48.5 Å². The number of carboxylic acid groups (broad SMARTS) is 1. The molecule has 0 aromatic heterocycles. The van der Waals surface area contributed by atoms with Gasteiger partial charge >= 0.3 is 5.97 Å². The molecule has 3 N–H and O–H groups in total. The summed E-state index contributed by atoms with van der Waals surface area (Å²) in [4.78, 5) is 25.5. The highest BCUT2D eigenvalue weighted by molar-refractivity contribution is 5.92. The molecule has 8 nitrogen and oxygen atoms in total. The smallest absolute Gasteiger partial charge is 0.303 e. The normalized spacial score (nSPS) is 23.6. The number of hydrogen-bond donors (Lipinski definition) is 3. The maximum atomic E-state index is 12.2. The fourth-order valence-corrected chi connectivity index (χ4v) is 5.57. The highest BCUT2D eigenvalue weighted by atomic mass is 16.7. The zero-order chi connectivity index (χ0) is 27.8. The predicted molar refractivity (Wildman–Crippen MR) is 149 cm³/mol. The average Bonchev–Trinajstić information content (AvgIpc) is 3.48. The van der Waals surface area contributed by atoms with Crippen LogP contribution in [0.2, 0.25) is 0 Å². The fourth-order valence-electron chi connectivity index (χ4n) is 5.57. The van der Waals surface area contributed by atoms with Crippen molar-refractivity contribution in [2.45, 2.75) is 76.6 Å². The Morgan fingerprint density at radius 1 is 1.08 bits per heavy atom. The van der Waals surface area contributed by atoms with Crippen molar-refractivity contribution in [2.75, 3.05) is 18.4 Å². The zero-order valence-electron chi connectivity index (χ0n) is 22.6. The molecule has 39 heavy (non-hydrogen) atoms. The van der Waals surface area contributed by atoms with Gasteiger partial charge in [-0.05, 0) is 36.1 Å². The number of nitrogens with zero attached hydrogens (tertiary/aromatic N) is 1. The Hall–Kier alpha value is -3.04. The Balaban J connectivity index is 1.58. The van der Waals surface area contributed by atoms with Gasteiger partial charge in [0.25, 0.3) is 0 Å². The summed E-state index contributed by atoms with van der Waals surface area (Å²) in [6.45, 7) is 7.69. The van der Waals surface area contributed by atoms with Crippen molar-refractivity contribution in [1.82, 2.24) is 4.90 Å². The molecule has 2 aromatic rings. The summed E-state index contributed by atoms with van der Waals surface area (Å²) in [5.74, 6) is -1.30. The number of carbonyl (C=O) groups is 2. The number of aliphatic hydroxyl groups is 1. The summed E-state index contributed by atoms with van der Waals surface area (Å²) in [7, 11) is 0. The second-order valence-corrected chi connectivity index (χ2v) is 10.6. The maximum absolute atomic E-state index is 12.2. The third-order valence-electron chi connectivity index (χ3n) is 7.75. The molecule has 0 spiro atoms. The van der Waals surface area contributed by atoms with Gasteiger partial charge in [-0.3, -0.25) is 14.5 Å². The number of amides is 1. The third-order valence-corrected chi connectivity index (χ3v) is 7.75. The molecule has 2 fully saturated rings. The number of aliphatic hydroxyl groups excluding tert-OH is 1. The van der Waals surface area contributed by atoms with Crippen LogP contribution >= 0.6 is 0 Å². The molecular formula is C31H40N2O6. The number of anilines is 1. The molecule has 2 aromatic carbocycles. The Morgan fingerprint density at radius 3 is 2.49 bits per heavy atom. The first-order valence-corrected chi connectivity index (χ1v) is 13.8. The molecule has 210 valence electrons. The van der Waals surface area contributed by atoms with Crippen LogP contribution in [0.3, 0.4) is 0 Å². The Kier molecular flexibility index (Phi) is 10.3. The molecule has 4 rings (SSSR count). The van der Waals surface area contributed by atoms with Gasteiger partial charge in [0.15, 0.2) is 6.29 Å². The molecule has 1 saturated heterocycles. The van der Waals surface area contributed by atoms with Gasteiger partial charge in [-0.15, -0.1) is 6.58 Å². The number of ether oxygens (including phenoxy) is 2. The van der Waals surface area contributed by atoms with E-state index in [4.69, 9.17) is 14.6 Å². The summed E-state index contributed by atoms with van der Waals surface area (Å²) < 4.78 is 13.2. The topological polar surface area (TPSA) is 108 Å². The number of rotatable bonds is 12. The fraction of sp³-hybridized carbons (Fsp3) is 0.484. The van der Waals surface area contributed by atoms with Crippen molar-refractivity contribution in [3.63, 3.8) is 0 Å². The molecule has 1 heterocycles. The van der Waals surface area contributed by atoms with Gasteiger partial charge in [-0.25, -0.2) is 0 Å².